The fraction of sp³-hybridized carbons (Fsp3) is 0.250. The average Bonchev–Trinajstić information content (AvgIpc) is 2.50. The topological polar surface area (TPSA) is 79.2 Å². The zero-order valence-electron chi connectivity index (χ0n) is 11.5. The number of hydrogen-bond donors (Lipinski definition) is 3. The van der Waals surface area contributed by atoms with Crippen LogP contribution < -0.4 is 9.47 Å². The summed E-state index contributed by atoms with van der Waals surface area (Å²) in [6.07, 6.45) is -0.811. The Morgan fingerprint density at radius 1 is 1.10 bits per heavy atom. The van der Waals surface area contributed by atoms with E-state index in [1.165, 1.54) is 12.1 Å². The molecule has 2 aromatic rings. The van der Waals surface area contributed by atoms with E-state index in [0.717, 1.165) is 11.3 Å². The lowest BCUT2D eigenvalue weighted by Crippen LogP contribution is -2.24. The van der Waals surface area contributed by atoms with Gasteiger partial charge in [0.25, 0.3) is 0 Å². The van der Waals surface area contributed by atoms with E-state index >= 15 is 0 Å². The molecule has 1 aliphatic rings. The second-order valence-electron chi connectivity index (χ2n) is 5.01. The highest BCUT2D eigenvalue weighted by Gasteiger charge is 2.31. The number of fused-ring (bicyclic) bond motifs is 1. The maximum atomic E-state index is 10.5. The number of hydrogen-bond acceptors (Lipinski definition) is 5. The average molecular weight is 288 g/mol. The van der Waals surface area contributed by atoms with Crippen molar-refractivity contribution in [1.29, 1.82) is 0 Å². The molecular formula is C16H16O5. The first-order valence-electron chi connectivity index (χ1n) is 6.61. The molecule has 1 heterocycles. The molecule has 0 aliphatic carbocycles. The molecule has 2 unspecified atom stereocenters. The Labute approximate surface area is 122 Å². The Balaban J connectivity index is 1.94. The van der Waals surface area contributed by atoms with Crippen molar-refractivity contribution in [3.63, 3.8) is 0 Å². The van der Waals surface area contributed by atoms with Gasteiger partial charge in [0.1, 0.15) is 11.5 Å². The van der Waals surface area contributed by atoms with Gasteiger partial charge < -0.3 is 24.8 Å². The molecule has 0 fully saturated rings. The third-order valence-electron chi connectivity index (χ3n) is 3.77. The number of methoxy groups -OCH3 is 1. The van der Waals surface area contributed by atoms with E-state index in [-0.39, 0.29) is 17.4 Å². The van der Waals surface area contributed by atoms with Gasteiger partial charge in [0.2, 0.25) is 0 Å². The van der Waals surface area contributed by atoms with E-state index in [9.17, 15) is 15.3 Å². The summed E-state index contributed by atoms with van der Waals surface area (Å²) in [4.78, 5) is 0. The first kappa shape index (κ1) is 13.6. The van der Waals surface area contributed by atoms with Gasteiger partial charge in [-0.25, -0.2) is 0 Å². The molecular weight excluding hydrogens is 272 g/mol. The number of phenolic OH excluding ortho intramolecular Hbond substituents is 2. The Morgan fingerprint density at radius 2 is 1.76 bits per heavy atom. The minimum absolute atomic E-state index is 0.243. The third-order valence-corrected chi connectivity index (χ3v) is 3.77. The minimum Gasteiger partial charge on any atom is -0.504 e. The lowest BCUT2D eigenvalue weighted by atomic mass is 9.87. The lowest BCUT2D eigenvalue weighted by Gasteiger charge is -2.30. The van der Waals surface area contributed by atoms with E-state index in [0.29, 0.717) is 17.9 Å². The summed E-state index contributed by atoms with van der Waals surface area (Å²) in [7, 11) is 1.60. The largest absolute Gasteiger partial charge is 0.504 e. The van der Waals surface area contributed by atoms with Crippen LogP contribution in [0, 0.1) is 0 Å². The first-order valence-corrected chi connectivity index (χ1v) is 6.61. The van der Waals surface area contributed by atoms with Gasteiger partial charge in [-0.3, -0.25) is 0 Å². The highest BCUT2D eigenvalue weighted by Crippen LogP contribution is 2.44. The Bertz CT molecular complexity index is 650. The zero-order chi connectivity index (χ0) is 15.0. The third kappa shape index (κ3) is 2.36. The quantitative estimate of drug-likeness (QED) is 0.739. The molecule has 2 atom stereocenters. The van der Waals surface area contributed by atoms with Gasteiger partial charge >= 0.3 is 0 Å². The standard InChI is InChI=1S/C16H16O5/c1-20-10-4-2-9(3-5-10)12-8-21-15-7-14(18)13(17)6-11(15)16(12)19/h2-7,12,16-19H,8H2,1H3. The summed E-state index contributed by atoms with van der Waals surface area (Å²) >= 11 is 0. The van der Waals surface area contributed by atoms with Crippen molar-refractivity contribution in [1.82, 2.24) is 0 Å². The number of aliphatic hydroxyl groups excluding tert-OH is 1. The maximum Gasteiger partial charge on any atom is 0.161 e. The number of benzene rings is 2. The Kier molecular flexibility index (Phi) is 3.35. The predicted octanol–water partition coefficient (Wildman–Crippen LogP) is 2.32. The van der Waals surface area contributed by atoms with E-state index < -0.39 is 6.10 Å². The van der Waals surface area contributed by atoms with Gasteiger partial charge in [-0.05, 0) is 23.8 Å². The summed E-state index contributed by atoms with van der Waals surface area (Å²) < 4.78 is 10.7. The van der Waals surface area contributed by atoms with E-state index in [2.05, 4.69) is 0 Å². The normalized spacial score (nSPS) is 20.5. The molecule has 5 heteroatoms. The van der Waals surface area contributed by atoms with Crippen molar-refractivity contribution in [2.75, 3.05) is 13.7 Å². The van der Waals surface area contributed by atoms with E-state index in [4.69, 9.17) is 9.47 Å². The van der Waals surface area contributed by atoms with Crippen molar-refractivity contribution in [3.8, 4) is 23.0 Å². The van der Waals surface area contributed by atoms with Crippen LogP contribution in [0.5, 0.6) is 23.0 Å². The monoisotopic (exact) mass is 288 g/mol. The molecule has 1 aliphatic heterocycles. The van der Waals surface area contributed by atoms with Gasteiger partial charge in [0, 0.05) is 17.5 Å². The van der Waals surface area contributed by atoms with Crippen LogP contribution in [0.2, 0.25) is 0 Å². The summed E-state index contributed by atoms with van der Waals surface area (Å²) in [6, 6.07) is 10.1. The van der Waals surface area contributed by atoms with Crippen LogP contribution in [-0.4, -0.2) is 29.0 Å². The van der Waals surface area contributed by atoms with Gasteiger partial charge in [-0.15, -0.1) is 0 Å². The van der Waals surface area contributed by atoms with E-state index in [1.807, 2.05) is 24.3 Å². The van der Waals surface area contributed by atoms with Crippen molar-refractivity contribution in [3.05, 3.63) is 47.5 Å². The molecule has 3 N–H and O–H groups in total. The molecule has 5 nitrogen and oxygen atoms in total. The number of rotatable bonds is 2. The van der Waals surface area contributed by atoms with Crippen LogP contribution >= 0.6 is 0 Å². The number of ether oxygens (including phenoxy) is 2. The first-order chi connectivity index (χ1) is 10.1. The molecule has 0 aromatic heterocycles. The predicted molar refractivity (Wildman–Crippen MR) is 76.0 cm³/mol. The lowest BCUT2D eigenvalue weighted by molar-refractivity contribution is 0.0883. The molecule has 110 valence electrons. The molecule has 3 rings (SSSR count). The fourth-order valence-corrected chi connectivity index (χ4v) is 2.55. The van der Waals surface area contributed by atoms with Gasteiger partial charge in [0.15, 0.2) is 11.5 Å². The molecule has 0 saturated heterocycles. The smallest absolute Gasteiger partial charge is 0.161 e. The summed E-state index contributed by atoms with van der Waals surface area (Å²) in [5.41, 5.74) is 1.39. The van der Waals surface area contributed by atoms with Gasteiger partial charge in [-0.1, -0.05) is 12.1 Å². The van der Waals surface area contributed by atoms with Crippen LogP contribution in [0.15, 0.2) is 36.4 Å². The zero-order valence-corrected chi connectivity index (χ0v) is 11.5. The Hall–Kier alpha value is -2.40. The van der Waals surface area contributed by atoms with Crippen LogP contribution in [0.25, 0.3) is 0 Å². The van der Waals surface area contributed by atoms with Crippen molar-refractivity contribution in [2.24, 2.45) is 0 Å². The van der Waals surface area contributed by atoms with Crippen molar-refractivity contribution >= 4 is 0 Å². The van der Waals surface area contributed by atoms with Crippen LogP contribution in [0.3, 0.4) is 0 Å². The van der Waals surface area contributed by atoms with Crippen LogP contribution in [-0.2, 0) is 0 Å². The van der Waals surface area contributed by atoms with Crippen molar-refractivity contribution < 1.29 is 24.8 Å². The molecule has 21 heavy (non-hydrogen) atoms. The molecule has 0 amide bonds. The second kappa shape index (κ2) is 5.18. The number of phenols is 2. The summed E-state index contributed by atoms with van der Waals surface area (Å²) in [5, 5.41) is 29.6. The highest BCUT2D eigenvalue weighted by atomic mass is 16.5. The van der Waals surface area contributed by atoms with Crippen LogP contribution in [0.4, 0.5) is 0 Å². The number of aliphatic hydroxyl groups is 1. The molecule has 0 spiro atoms. The van der Waals surface area contributed by atoms with Crippen LogP contribution in [0.1, 0.15) is 23.1 Å². The molecule has 0 saturated carbocycles. The fourth-order valence-electron chi connectivity index (χ4n) is 2.55. The maximum absolute atomic E-state index is 10.5. The number of aromatic hydroxyl groups is 2. The Morgan fingerprint density at radius 3 is 2.43 bits per heavy atom. The molecule has 2 aromatic carbocycles. The van der Waals surface area contributed by atoms with E-state index in [1.54, 1.807) is 7.11 Å². The minimum atomic E-state index is -0.811. The highest BCUT2D eigenvalue weighted by molar-refractivity contribution is 5.51. The summed E-state index contributed by atoms with van der Waals surface area (Å²) in [6.45, 7) is 0.296. The summed E-state index contributed by atoms with van der Waals surface area (Å²) in [5.74, 6) is 0.360. The second-order valence-corrected chi connectivity index (χ2v) is 5.01. The van der Waals surface area contributed by atoms with Gasteiger partial charge in [0.05, 0.1) is 19.8 Å². The van der Waals surface area contributed by atoms with Gasteiger partial charge in [-0.2, -0.15) is 0 Å². The SMILES string of the molecule is COc1ccc(C2COc3cc(O)c(O)cc3C2O)cc1. The molecule has 0 bridgehead atoms. The molecule has 0 radical (unpaired) electrons. The van der Waals surface area contributed by atoms with Crippen molar-refractivity contribution in [2.45, 2.75) is 12.0 Å².